The van der Waals surface area contributed by atoms with Gasteiger partial charge in [0.1, 0.15) is 0 Å². The van der Waals surface area contributed by atoms with Gasteiger partial charge in [0.05, 0.1) is 0 Å². The molecule has 0 heterocycles. The Morgan fingerprint density at radius 2 is 1.08 bits per heavy atom. The van der Waals surface area contributed by atoms with E-state index >= 15 is 0 Å². The Labute approximate surface area is 115 Å². The first kappa shape index (κ1) is 48.0. The summed E-state index contributed by atoms with van der Waals surface area (Å²) < 4.78 is 0. The van der Waals surface area contributed by atoms with Gasteiger partial charge < -0.3 is 14.4 Å². The van der Waals surface area contributed by atoms with Crippen LogP contribution in [0, 0.1) is 20.3 Å². The van der Waals surface area contributed by atoms with Crippen LogP contribution in [0.15, 0.2) is 0 Å². The second-order valence-corrected chi connectivity index (χ2v) is 2.30. The number of hydrogen-bond donors (Lipinski definition) is 0. The molecule has 1 radical (unpaired) electrons. The summed E-state index contributed by atoms with van der Waals surface area (Å²) >= 11 is 0. The van der Waals surface area contributed by atoms with Crippen molar-refractivity contribution in [3.63, 3.8) is 0 Å². The van der Waals surface area contributed by atoms with Gasteiger partial charge in [0.15, 0.2) is 0 Å². The average molecular weight is 267 g/mol. The maximum absolute atomic E-state index is 3.49. The van der Waals surface area contributed by atoms with Crippen LogP contribution in [-0.2, 0) is 32.7 Å². The predicted octanol–water partition coefficient (Wildman–Crippen LogP) is 5.64. The Morgan fingerprint density at radius 1 is 1.00 bits per heavy atom. The molecule has 1 heteroatoms. The minimum atomic E-state index is 0. The van der Waals surface area contributed by atoms with Crippen molar-refractivity contribution in [2.45, 2.75) is 62.8 Å². The Hall–Kier alpha value is 1.10. The summed E-state index contributed by atoms with van der Waals surface area (Å²) in [6.07, 6.45) is 2.31. The van der Waals surface area contributed by atoms with Crippen LogP contribution in [0.2, 0.25) is 0 Å². The first-order chi connectivity index (χ1) is 3.68. The molecule has 0 saturated carbocycles. The summed E-state index contributed by atoms with van der Waals surface area (Å²) in [6.45, 7) is 12.1. The van der Waals surface area contributed by atoms with Crippen molar-refractivity contribution in [1.82, 2.24) is 0 Å². The topological polar surface area (TPSA) is 0 Å². The van der Waals surface area contributed by atoms with Crippen molar-refractivity contribution < 1.29 is 32.7 Å². The zero-order valence-electron chi connectivity index (χ0n) is 8.28. The van der Waals surface area contributed by atoms with E-state index < -0.39 is 0 Å². The third-order valence-electron chi connectivity index (χ3n) is 0.816. The predicted molar refractivity (Wildman–Crippen MR) is 67.4 cm³/mol. The Bertz CT molecular complexity index is 26.3. The fourth-order valence-corrected chi connectivity index (χ4v) is 0. The molecule has 0 aromatic heterocycles. The second kappa shape index (κ2) is 51.5. The summed E-state index contributed by atoms with van der Waals surface area (Å²) in [5.41, 5.74) is 0. The van der Waals surface area contributed by atoms with Gasteiger partial charge in [-0.25, -0.2) is 0 Å². The van der Waals surface area contributed by atoms with E-state index in [1.807, 2.05) is 6.92 Å². The van der Waals surface area contributed by atoms with E-state index in [0.29, 0.717) is 0 Å². The fraction of sp³-hybridized carbons (Fsp3) is 0.833. The molecule has 0 nitrogen and oxygen atoms in total. The molecule has 0 N–H and O–H groups in total. The molecule has 0 aliphatic rings. The van der Waals surface area contributed by atoms with Crippen LogP contribution in [-0.4, -0.2) is 0 Å². The van der Waals surface area contributed by atoms with Gasteiger partial charge in [-0.15, -0.1) is 0 Å². The van der Waals surface area contributed by atoms with Gasteiger partial charge in [0, 0.05) is 32.7 Å². The molecule has 0 aliphatic heterocycles. The Kier molecular flexibility index (Phi) is 190. The molecule has 13 heavy (non-hydrogen) atoms. The summed E-state index contributed by atoms with van der Waals surface area (Å²) in [7, 11) is 0. The molecule has 0 aromatic rings. The van der Waals surface area contributed by atoms with Crippen LogP contribution in [0.25, 0.3) is 0 Å². The molecule has 0 rings (SSSR count). The normalized spacial score (nSPS) is 5.08. The van der Waals surface area contributed by atoms with Crippen LogP contribution < -0.4 is 0 Å². The van der Waals surface area contributed by atoms with Crippen LogP contribution in [0.3, 0.4) is 0 Å². The summed E-state index contributed by atoms with van der Waals surface area (Å²) in [5.74, 6) is 0.884. The molecule has 0 bridgehead atoms. The van der Waals surface area contributed by atoms with E-state index in [4.69, 9.17) is 0 Å². The second-order valence-electron chi connectivity index (χ2n) is 2.30. The maximum Gasteiger partial charge on any atom is 0 e. The third-order valence-corrected chi connectivity index (χ3v) is 0.816. The molecule has 0 amide bonds. The molecule has 0 saturated heterocycles. The van der Waals surface area contributed by atoms with Crippen LogP contribution in [0.5, 0.6) is 0 Å². The maximum atomic E-state index is 3.49. The minimum absolute atomic E-state index is 0. The van der Waals surface area contributed by atoms with Crippen LogP contribution in [0.4, 0.5) is 0 Å². The number of hydrogen-bond acceptors (Lipinski definition) is 0. The van der Waals surface area contributed by atoms with Crippen molar-refractivity contribution in [3.05, 3.63) is 14.4 Å². The van der Waals surface area contributed by atoms with Gasteiger partial charge in [-0.05, 0) is 5.92 Å². The molecular weight excluding hydrogens is 233 g/mol. The van der Waals surface area contributed by atoms with Crippen molar-refractivity contribution in [2.75, 3.05) is 0 Å². The van der Waals surface area contributed by atoms with Gasteiger partial charge in [0.25, 0.3) is 0 Å². The van der Waals surface area contributed by atoms with E-state index in [-0.39, 0.29) is 62.4 Å². The summed E-state index contributed by atoms with van der Waals surface area (Å²) in [5, 5.41) is 0. The van der Waals surface area contributed by atoms with Crippen molar-refractivity contribution in [2.24, 2.45) is 5.92 Å². The van der Waals surface area contributed by atoms with Gasteiger partial charge in [-0.2, -0.15) is 6.42 Å². The van der Waals surface area contributed by atoms with Crippen molar-refractivity contribution in [3.8, 4) is 0 Å². The minimum Gasteiger partial charge on any atom is -0.358 e. The molecule has 0 unspecified atom stereocenters. The summed E-state index contributed by atoms with van der Waals surface area (Å²) in [6, 6.07) is 0. The molecule has 87 valence electrons. The largest absolute Gasteiger partial charge is 0.358 e. The zero-order valence-corrected chi connectivity index (χ0v) is 11.1. The number of rotatable bonds is 1. The van der Waals surface area contributed by atoms with Gasteiger partial charge in [0.2, 0.25) is 0 Å². The van der Waals surface area contributed by atoms with E-state index in [0.717, 1.165) is 12.3 Å². The fourth-order valence-electron chi connectivity index (χ4n) is 0. The van der Waals surface area contributed by atoms with Crippen molar-refractivity contribution in [1.29, 1.82) is 0 Å². The van der Waals surface area contributed by atoms with Gasteiger partial charge in [-0.3, -0.25) is 0 Å². The van der Waals surface area contributed by atoms with Gasteiger partial charge >= 0.3 is 0 Å². The van der Waals surface area contributed by atoms with E-state index in [1.54, 1.807) is 0 Å². The average Bonchev–Trinajstić information content (AvgIpc) is 1.69. The monoisotopic (exact) mass is 267 g/mol. The SMILES string of the molecule is C.C.C.CCC(C)C.[CH2-]CC.[CH3-].[Y]. The molecular formula is C12H34Y-2. The van der Waals surface area contributed by atoms with Gasteiger partial charge in [-0.1, -0.05) is 56.4 Å². The standard InChI is InChI=1S/C5H12.C3H7.3CH4.CH3.Y/c1-4-5(2)3;1-3-2;;;;;/h5H,4H2,1-3H3;1,3H2,2H3;3*1H4;1H3;/q;-1;;;;-1;. The molecule has 0 aromatic carbocycles. The van der Waals surface area contributed by atoms with E-state index in [1.165, 1.54) is 6.42 Å². The van der Waals surface area contributed by atoms with E-state index in [9.17, 15) is 0 Å². The molecule has 0 fully saturated rings. The van der Waals surface area contributed by atoms with Crippen LogP contribution >= 0.6 is 0 Å². The summed E-state index contributed by atoms with van der Waals surface area (Å²) in [4.78, 5) is 0. The first-order valence-electron chi connectivity index (χ1n) is 3.48. The quantitative estimate of drug-likeness (QED) is 0.539. The molecule has 0 atom stereocenters. The van der Waals surface area contributed by atoms with Crippen molar-refractivity contribution >= 4 is 0 Å². The zero-order chi connectivity index (χ0) is 6.99. The smallest absolute Gasteiger partial charge is 0 e. The van der Waals surface area contributed by atoms with E-state index in [2.05, 4.69) is 27.7 Å². The van der Waals surface area contributed by atoms with Crippen LogP contribution in [0.1, 0.15) is 62.8 Å². The Balaban J connectivity index is -0.00000000840. The third kappa shape index (κ3) is 168. The first-order valence-corrected chi connectivity index (χ1v) is 3.48. The molecule has 0 spiro atoms. The molecule has 0 aliphatic carbocycles. The Morgan fingerprint density at radius 3 is 1.08 bits per heavy atom.